The van der Waals surface area contributed by atoms with Crippen LogP contribution in [-0.2, 0) is 4.74 Å². The summed E-state index contributed by atoms with van der Waals surface area (Å²) in [6, 6.07) is 7.66. The topological polar surface area (TPSA) is 38.7 Å². The Morgan fingerprint density at radius 1 is 1.21 bits per heavy atom. The van der Waals surface area contributed by atoms with Gasteiger partial charge in [-0.1, -0.05) is 12.1 Å². The molecular formula is C16H24O3. The molecule has 19 heavy (non-hydrogen) atoms. The highest BCUT2D eigenvalue weighted by atomic mass is 16.5. The van der Waals surface area contributed by atoms with Crippen LogP contribution in [0.25, 0.3) is 0 Å². The van der Waals surface area contributed by atoms with Crippen LogP contribution in [0.1, 0.15) is 51.7 Å². The second-order valence-electron chi connectivity index (χ2n) is 5.76. The summed E-state index contributed by atoms with van der Waals surface area (Å²) in [4.78, 5) is 0. The summed E-state index contributed by atoms with van der Waals surface area (Å²) in [7, 11) is 0. The van der Waals surface area contributed by atoms with Crippen molar-refractivity contribution in [3.8, 4) is 5.75 Å². The van der Waals surface area contributed by atoms with Crippen LogP contribution in [0.15, 0.2) is 24.3 Å². The Kier molecular flexibility index (Phi) is 4.48. The van der Waals surface area contributed by atoms with E-state index in [0.29, 0.717) is 0 Å². The van der Waals surface area contributed by atoms with Crippen molar-refractivity contribution in [3.63, 3.8) is 0 Å². The fourth-order valence-corrected chi connectivity index (χ4v) is 2.52. The smallest absolute Gasteiger partial charge is 0.119 e. The minimum atomic E-state index is -0.583. The van der Waals surface area contributed by atoms with Crippen LogP contribution < -0.4 is 4.74 Å². The predicted octanol–water partition coefficient (Wildman–Crippen LogP) is 3.47. The fraction of sp³-hybridized carbons (Fsp3) is 0.625. The number of ether oxygens (including phenoxy) is 2. The lowest BCUT2D eigenvalue weighted by Crippen LogP contribution is -2.39. The normalized spacial score (nSPS) is 25.3. The minimum absolute atomic E-state index is 0.162. The van der Waals surface area contributed by atoms with E-state index in [1.54, 1.807) is 0 Å². The lowest BCUT2D eigenvalue weighted by Gasteiger charge is -2.38. The largest absolute Gasteiger partial charge is 0.491 e. The first-order valence-corrected chi connectivity index (χ1v) is 7.10. The predicted molar refractivity (Wildman–Crippen MR) is 75.4 cm³/mol. The second kappa shape index (κ2) is 5.93. The van der Waals surface area contributed by atoms with Crippen molar-refractivity contribution in [1.29, 1.82) is 0 Å². The number of benzene rings is 1. The SMILES string of the molecule is CC(C)Oc1ccc(C(O)C2(C)CCCCO2)cc1. The van der Waals surface area contributed by atoms with Gasteiger partial charge in [0.05, 0.1) is 11.7 Å². The van der Waals surface area contributed by atoms with Gasteiger partial charge >= 0.3 is 0 Å². The van der Waals surface area contributed by atoms with Gasteiger partial charge in [-0.05, 0) is 57.7 Å². The van der Waals surface area contributed by atoms with Crippen LogP contribution in [0, 0.1) is 0 Å². The van der Waals surface area contributed by atoms with Crippen molar-refractivity contribution in [2.75, 3.05) is 6.61 Å². The third-order valence-corrected chi connectivity index (χ3v) is 3.65. The van der Waals surface area contributed by atoms with Gasteiger partial charge in [0.1, 0.15) is 11.9 Å². The van der Waals surface area contributed by atoms with Gasteiger partial charge in [-0.15, -0.1) is 0 Å². The molecule has 1 aliphatic rings. The van der Waals surface area contributed by atoms with Gasteiger partial charge in [-0.3, -0.25) is 0 Å². The van der Waals surface area contributed by atoms with Crippen LogP contribution in [0.4, 0.5) is 0 Å². The van der Waals surface area contributed by atoms with Gasteiger partial charge in [0.25, 0.3) is 0 Å². The molecular weight excluding hydrogens is 240 g/mol. The monoisotopic (exact) mass is 264 g/mol. The van der Waals surface area contributed by atoms with Crippen LogP contribution in [-0.4, -0.2) is 23.4 Å². The lowest BCUT2D eigenvalue weighted by molar-refractivity contribution is -0.138. The molecule has 1 N–H and O–H groups in total. The molecule has 1 aromatic rings. The maximum atomic E-state index is 10.5. The quantitative estimate of drug-likeness (QED) is 0.905. The molecule has 0 aromatic heterocycles. The maximum Gasteiger partial charge on any atom is 0.119 e. The van der Waals surface area contributed by atoms with Gasteiger partial charge in [0.2, 0.25) is 0 Å². The number of aliphatic hydroxyl groups excluding tert-OH is 1. The van der Waals surface area contributed by atoms with Gasteiger partial charge in [0, 0.05) is 6.61 Å². The van der Waals surface area contributed by atoms with E-state index in [9.17, 15) is 5.11 Å². The molecule has 1 aromatic carbocycles. The highest BCUT2D eigenvalue weighted by Gasteiger charge is 2.36. The molecule has 0 amide bonds. The molecule has 3 heteroatoms. The van der Waals surface area contributed by atoms with E-state index in [2.05, 4.69) is 0 Å². The molecule has 0 radical (unpaired) electrons. The first-order chi connectivity index (χ1) is 9.01. The summed E-state index contributed by atoms with van der Waals surface area (Å²) < 4.78 is 11.4. The number of hydrogen-bond acceptors (Lipinski definition) is 3. The van der Waals surface area contributed by atoms with E-state index in [0.717, 1.165) is 37.2 Å². The number of hydrogen-bond donors (Lipinski definition) is 1. The van der Waals surface area contributed by atoms with Gasteiger partial charge in [-0.25, -0.2) is 0 Å². The molecule has 2 unspecified atom stereocenters. The van der Waals surface area contributed by atoms with E-state index < -0.39 is 11.7 Å². The molecule has 2 atom stereocenters. The standard InChI is InChI=1S/C16H24O3/c1-12(2)19-14-8-6-13(7-9-14)15(17)16(3)10-4-5-11-18-16/h6-9,12,15,17H,4-5,10-11H2,1-3H3. The second-order valence-corrected chi connectivity index (χ2v) is 5.76. The average Bonchev–Trinajstić information content (AvgIpc) is 2.39. The van der Waals surface area contributed by atoms with Gasteiger partial charge < -0.3 is 14.6 Å². The van der Waals surface area contributed by atoms with E-state index in [4.69, 9.17) is 9.47 Å². The average molecular weight is 264 g/mol. The van der Waals surface area contributed by atoms with Crippen molar-refractivity contribution in [2.45, 2.75) is 57.8 Å². The fourth-order valence-electron chi connectivity index (χ4n) is 2.52. The Morgan fingerprint density at radius 2 is 1.89 bits per heavy atom. The lowest BCUT2D eigenvalue weighted by atomic mass is 9.86. The summed E-state index contributed by atoms with van der Waals surface area (Å²) >= 11 is 0. The van der Waals surface area contributed by atoms with Crippen molar-refractivity contribution in [2.24, 2.45) is 0 Å². The Bertz CT molecular complexity index is 391. The molecule has 0 spiro atoms. The Labute approximate surface area is 115 Å². The molecule has 3 nitrogen and oxygen atoms in total. The molecule has 0 aliphatic carbocycles. The number of aliphatic hydroxyl groups is 1. The number of rotatable bonds is 4. The molecule has 1 heterocycles. The van der Waals surface area contributed by atoms with Crippen LogP contribution >= 0.6 is 0 Å². The molecule has 1 aliphatic heterocycles. The summed E-state index contributed by atoms with van der Waals surface area (Å²) in [5, 5.41) is 10.5. The summed E-state index contributed by atoms with van der Waals surface area (Å²) in [6.07, 6.45) is 2.68. The van der Waals surface area contributed by atoms with Gasteiger partial charge in [0.15, 0.2) is 0 Å². The van der Waals surface area contributed by atoms with Crippen molar-refractivity contribution >= 4 is 0 Å². The molecule has 0 bridgehead atoms. The van der Waals surface area contributed by atoms with E-state index >= 15 is 0 Å². The maximum absolute atomic E-state index is 10.5. The Morgan fingerprint density at radius 3 is 2.42 bits per heavy atom. The van der Waals surface area contributed by atoms with Crippen molar-refractivity contribution in [3.05, 3.63) is 29.8 Å². The third-order valence-electron chi connectivity index (χ3n) is 3.65. The Balaban J connectivity index is 2.08. The highest BCUT2D eigenvalue weighted by molar-refractivity contribution is 5.30. The summed E-state index contributed by atoms with van der Waals surface area (Å²) in [6.45, 7) is 6.73. The van der Waals surface area contributed by atoms with Crippen LogP contribution in [0.3, 0.4) is 0 Å². The zero-order chi connectivity index (χ0) is 13.9. The summed E-state index contributed by atoms with van der Waals surface area (Å²) in [5.41, 5.74) is 0.430. The highest BCUT2D eigenvalue weighted by Crippen LogP contribution is 2.36. The van der Waals surface area contributed by atoms with E-state index in [1.807, 2.05) is 45.0 Å². The third kappa shape index (κ3) is 3.48. The first kappa shape index (κ1) is 14.4. The molecule has 106 valence electrons. The molecule has 1 saturated heterocycles. The molecule has 2 rings (SSSR count). The molecule has 1 fully saturated rings. The minimum Gasteiger partial charge on any atom is -0.491 e. The Hall–Kier alpha value is -1.06. The zero-order valence-electron chi connectivity index (χ0n) is 12.1. The van der Waals surface area contributed by atoms with Crippen LogP contribution in [0.2, 0.25) is 0 Å². The van der Waals surface area contributed by atoms with Crippen molar-refractivity contribution < 1.29 is 14.6 Å². The molecule has 0 saturated carbocycles. The zero-order valence-corrected chi connectivity index (χ0v) is 12.1. The van der Waals surface area contributed by atoms with Crippen LogP contribution in [0.5, 0.6) is 5.75 Å². The van der Waals surface area contributed by atoms with E-state index in [-0.39, 0.29) is 6.10 Å². The summed E-state index contributed by atoms with van der Waals surface area (Å²) in [5.74, 6) is 0.834. The first-order valence-electron chi connectivity index (χ1n) is 7.10. The van der Waals surface area contributed by atoms with Gasteiger partial charge in [-0.2, -0.15) is 0 Å². The van der Waals surface area contributed by atoms with Crippen molar-refractivity contribution in [1.82, 2.24) is 0 Å². The van der Waals surface area contributed by atoms with E-state index in [1.165, 1.54) is 0 Å².